The zero-order valence-electron chi connectivity index (χ0n) is 12.1. The summed E-state index contributed by atoms with van der Waals surface area (Å²) in [5, 5.41) is 12.6. The Balaban J connectivity index is 2.41. The molecular weight excluding hydrogens is 284 g/mol. The highest BCUT2D eigenvalue weighted by atomic mass is 32.2. The summed E-state index contributed by atoms with van der Waals surface area (Å²) in [6, 6.07) is 13.5. The summed E-state index contributed by atoms with van der Waals surface area (Å²) in [4.78, 5) is 0.940. The molecule has 0 aromatic heterocycles. The highest BCUT2D eigenvalue weighted by Gasteiger charge is 2.10. The van der Waals surface area contributed by atoms with Crippen molar-refractivity contribution in [3.63, 3.8) is 0 Å². The summed E-state index contributed by atoms with van der Waals surface area (Å²) in [5.41, 5.74) is 2.17. The number of rotatable bonds is 5. The molecule has 0 saturated heterocycles. The Bertz CT molecular complexity index is 680. The van der Waals surface area contributed by atoms with Crippen LogP contribution in [0.3, 0.4) is 0 Å². The molecule has 0 amide bonds. The zero-order chi connectivity index (χ0) is 15.2. The zero-order valence-corrected chi connectivity index (χ0v) is 13.0. The minimum Gasteiger partial charge on any atom is -0.497 e. The molecule has 2 aromatic rings. The molecule has 1 N–H and O–H groups in total. The SMILES string of the molecule is COc1ccc(Nc2cccc(SC)c2C#N)c(OC)c1. The normalized spacial score (nSPS) is 9.81. The van der Waals surface area contributed by atoms with Gasteiger partial charge in [0.2, 0.25) is 0 Å². The Labute approximate surface area is 128 Å². The molecule has 0 fully saturated rings. The first-order chi connectivity index (χ1) is 10.2. The number of hydrogen-bond donors (Lipinski definition) is 1. The van der Waals surface area contributed by atoms with Gasteiger partial charge in [-0.3, -0.25) is 0 Å². The Morgan fingerprint density at radius 3 is 2.52 bits per heavy atom. The number of nitrogens with one attached hydrogen (secondary N) is 1. The molecule has 0 aliphatic rings. The fourth-order valence-electron chi connectivity index (χ4n) is 1.97. The third kappa shape index (κ3) is 3.23. The van der Waals surface area contributed by atoms with Crippen LogP contribution in [0, 0.1) is 11.3 Å². The maximum absolute atomic E-state index is 9.36. The number of nitrogens with zero attached hydrogens (tertiary/aromatic N) is 1. The maximum Gasteiger partial charge on any atom is 0.145 e. The average Bonchev–Trinajstić information content (AvgIpc) is 2.54. The van der Waals surface area contributed by atoms with Gasteiger partial charge >= 0.3 is 0 Å². The van der Waals surface area contributed by atoms with E-state index < -0.39 is 0 Å². The second kappa shape index (κ2) is 6.91. The molecule has 108 valence electrons. The number of thioether (sulfide) groups is 1. The van der Waals surface area contributed by atoms with E-state index in [1.165, 1.54) is 0 Å². The lowest BCUT2D eigenvalue weighted by Crippen LogP contribution is -1.98. The number of benzene rings is 2. The van der Waals surface area contributed by atoms with Crippen molar-refractivity contribution in [2.75, 3.05) is 25.8 Å². The molecule has 5 heteroatoms. The topological polar surface area (TPSA) is 54.3 Å². The van der Waals surface area contributed by atoms with E-state index in [4.69, 9.17) is 9.47 Å². The van der Waals surface area contributed by atoms with Gasteiger partial charge in [-0.15, -0.1) is 11.8 Å². The van der Waals surface area contributed by atoms with Gasteiger partial charge in [-0.05, 0) is 30.5 Å². The summed E-state index contributed by atoms with van der Waals surface area (Å²) < 4.78 is 10.5. The molecule has 0 aliphatic carbocycles. The van der Waals surface area contributed by atoms with Gasteiger partial charge in [0.15, 0.2) is 0 Å². The summed E-state index contributed by atoms with van der Waals surface area (Å²) in [6.07, 6.45) is 1.95. The molecule has 4 nitrogen and oxygen atoms in total. The van der Waals surface area contributed by atoms with Crippen molar-refractivity contribution in [2.24, 2.45) is 0 Å². The lowest BCUT2D eigenvalue weighted by Gasteiger charge is -2.14. The van der Waals surface area contributed by atoms with Crippen LogP contribution < -0.4 is 14.8 Å². The molecule has 21 heavy (non-hydrogen) atoms. The van der Waals surface area contributed by atoms with Crippen LogP contribution in [0.25, 0.3) is 0 Å². The van der Waals surface area contributed by atoms with Gasteiger partial charge < -0.3 is 14.8 Å². The highest BCUT2D eigenvalue weighted by molar-refractivity contribution is 7.98. The van der Waals surface area contributed by atoms with E-state index in [2.05, 4.69) is 11.4 Å². The quantitative estimate of drug-likeness (QED) is 0.845. The van der Waals surface area contributed by atoms with E-state index in [1.807, 2.05) is 36.6 Å². The van der Waals surface area contributed by atoms with Gasteiger partial charge in [-0.25, -0.2) is 0 Å². The molecule has 0 spiro atoms. The summed E-state index contributed by atoms with van der Waals surface area (Å²) in [7, 11) is 3.21. The van der Waals surface area contributed by atoms with Crippen LogP contribution in [0.4, 0.5) is 11.4 Å². The van der Waals surface area contributed by atoms with Gasteiger partial charge in [-0.2, -0.15) is 5.26 Å². The monoisotopic (exact) mass is 300 g/mol. The fourth-order valence-corrected chi connectivity index (χ4v) is 2.54. The third-order valence-electron chi connectivity index (χ3n) is 3.04. The van der Waals surface area contributed by atoms with E-state index in [0.29, 0.717) is 11.3 Å². The molecule has 2 rings (SSSR count). The Morgan fingerprint density at radius 2 is 1.90 bits per heavy atom. The lowest BCUT2D eigenvalue weighted by atomic mass is 10.1. The molecule has 0 bridgehead atoms. The maximum atomic E-state index is 9.36. The molecule has 0 aliphatic heterocycles. The van der Waals surface area contributed by atoms with E-state index in [1.54, 1.807) is 32.0 Å². The minimum absolute atomic E-state index is 0.628. The number of hydrogen-bond acceptors (Lipinski definition) is 5. The Kier molecular flexibility index (Phi) is 4.96. The lowest BCUT2D eigenvalue weighted by molar-refractivity contribution is 0.395. The molecule has 0 heterocycles. The summed E-state index contributed by atoms with van der Waals surface area (Å²) in [5.74, 6) is 1.38. The van der Waals surface area contributed by atoms with Gasteiger partial charge in [0, 0.05) is 11.0 Å². The second-order valence-corrected chi connectivity index (χ2v) is 5.03. The first kappa shape index (κ1) is 15.1. The molecule has 2 aromatic carbocycles. The van der Waals surface area contributed by atoms with E-state index >= 15 is 0 Å². The standard InChI is InChI=1S/C16H16N2O2S/c1-19-11-7-8-14(15(9-11)20-2)18-13-5-4-6-16(21-3)12(13)10-17/h4-9,18H,1-3H3. The van der Waals surface area contributed by atoms with E-state index in [9.17, 15) is 5.26 Å². The number of nitriles is 1. The van der Waals surface area contributed by atoms with Gasteiger partial charge in [0.1, 0.15) is 17.6 Å². The Hall–Kier alpha value is -2.32. The Morgan fingerprint density at radius 1 is 1.10 bits per heavy atom. The number of anilines is 2. The minimum atomic E-state index is 0.628. The fraction of sp³-hybridized carbons (Fsp3) is 0.188. The van der Waals surface area contributed by atoms with Crippen molar-refractivity contribution in [1.29, 1.82) is 5.26 Å². The van der Waals surface area contributed by atoms with Crippen LogP contribution in [0.5, 0.6) is 11.5 Å². The van der Waals surface area contributed by atoms with Crippen LogP contribution >= 0.6 is 11.8 Å². The van der Waals surface area contributed by atoms with Crippen LogP contribution in [-0.2, 0) is 0 Å². The van der Waals surface area contributed by atoms with Crippen molar-refractivity contribution in [3.8, 4) is 17.6 Å². The van der Waals surface area contributed by atoms with Crippen molar-refractivity contribution in [3.05, 3.63) is 42.0 Å². The highest BCUT2D eigenvalue weighted by Crippen LogP contribution is 2.34. The number of methoxy groups -OCH3 is 2. The average molecular weight is 300 g/mol. The molecule has 0 saturated carbocycles. The van der Waals surface area contributed by atoms with Crippen molar-refractivity contribution in [2.45, 2.75) is 4.90 Å². The molecular formula is C16H16N2O2S. The largest absolute Gasteiger partial charge is 0.497 e. The molecule has 0 unspecified atom stereocenters. The second-order valence-electron chi connectivity index (χ2n) is 4.19. The van der Waals surface area contributed by atoms with Crippen molar-refractivity contribution >= 4 is 23.1 Å². The van der Waals surface area contributed by atoms with Crippen LogP contribution in [0.1, 0.15) is 5.56 Å². The molecule has 0 atom stereocenters. The predicted molar refractivity (Wildman–Crippen MR) is 85.8 cm³/mol. The van der Waals surface area contributed by atoms with Crippen LogP contribution in [0.15, 0.2) is 41.3 Å². The predicted octanol–water partition coefficient (Wildman–Crippen LogP) is 4.04. The smallest absolute Gasteiger partial charge is 0.145 e. The van der Waals surface area contributed by atoms with Crippen LogP contribution in [-0.4, -0.2) is 20.5 Å². The van der Waals surface area contributed by atoms with Crippen molar-refractivity contribution in [1.82, 2.24) is 0 Å². The first-order valence-electron chi connectivity index (χ1n) is 6.29. The number of ether oxygens (including phenoxy) is 2. The van der Waals surface area contributed by atoms with Gasteiger partial charge in [0.25, 0.3) is 0 Å². The summed E-state index contributed by atoms with van der Waals surface area (Å²) >= 11 is 1.55. The van der Waals surface area contributed by atoms with Crippen molar-refractivity contribution < 1.29 is 9.47 Å². The molecule has 0 radical (unpaired) electrons. The van der Waals surface area contributed by atoms with Gasteiger partial charge in [0.05, 0.1) is 31.2 Å². The third-order valence-corrected chi connectivity index (χ3v) is 3.82. The van der Waals surface area contributed by atoms with E-state index in [0.717, 1.165) is 22.0 Å². The van der Waals surface area contributed by atoms with E-state index in [-0.39, 0.29) is 0 Å². The van der Waals surface area contributed by atoms with Gasteiger partial charge in [-0.1, -0.05) is 6.07 Å². The first-order valence-corrected chi connectivity index (χ1v) is 7.52. The van der Waals surface area contributed by atoms with Crippen LogP contribution in [0.2, 0.25) is 0 Å². The summed E-state index contributed by atoms with van der Waals surface area (Å²) in [6.45, 7) is 0.